The summed E-state index contributed by atoms with van der Waals surface area (Å²) in [6.07, 6.45) is 4.82. The fourth-order valence-electron chi connectivity index (χ4n) is 4.69. The third-order valence-corrected chi connectivity index (χ3v) is 7.75. The summed E-state index contributed by atoms with van der Waals surface area (Å²) in [7, 11) is -4.60. The summed E-state index contributed by atoms with van der Waals surface area (Å²) >= 11 is 0. The highest BCUT2D eigenvalue weighted by Gasteiger charge is 2.34. The first-order valence-electron chi connectivity index (χ1n) is 13.2. The van der Waals surface area contributed by atoms with Gasteiger partial charge in [-0.3, -0.25) is 23.4 Å². The molecule has 16 heteroatoms. The fraction of sp³-hybridized carbons (Fsp3) is 0.333. The fourth-order valence-corrected chi connectivity index (χ4v) is 5.70. The maximum atomic E-state index is 15.3. The quantitative estimate of drug-likeness (QED) is 0.178. The van der Waals surface area contributed by atoms with Crippen molar-refractivity contribution in [2.75, 3.05) is 26.2 Å². The smallest absolute Gasteiger partial charge is 0.335 e. The number of piperazine rings is 1. The molecule has 1 atom stereocenters. The van der Waals surface area contributed by atoms with Crippen LogP contribution in [-0.4, -0.2) is 88.6 Å². The van der Waals surface area contributed by atoms with Crippen LogP contribution in [0.3, 0.4) is 0 Å². The highest BCUT2D eigenvalue weighted by Crippen LogP contribution is 2.47. The van der Waals surface area contributed by atoms with Crippen LogP contribution < -0.4 is 0 Å². The molecule has 0 saturated carbocycles. The molecule has 1 aromatic carbocycles. The lowest BCUT2D eigenvalue weighted by atomic mass is 10.1. The van der Waals surface area contributed by atoms with E-state index in [4.69, 9.17) is 9.05 Å². The molecule has 0 aliphatic carbocycles. The Morgan fingerprint density at radius 2 is 1.74 bits per heavy atom. The minimum Gasteiger partial charge on any atom is -0.335 e. The number of aromatic nitrogens is 5. The van der Waals surface area contributed by atoms with Crippen LogP contribution in [0.15, 0.2) is 55.1 Å². The molecule has 14 nitrogen and oxygen atoms in total. The summed E-state index contributed by atoms with van der Waals surface area (Å²) in [5, 5.41) is 7.35. The SMILES string of the molecule is CC(C)(C)OP(=O)(O)OCn1cc(C(=O)C(=O)N2CCN(C(=O)c3ccccc3)CC2)c2c(F)cnc(-n3ccnn3)c21. The highest BCUT2D eigenvalue weighted by molar-refractivity contribution is 7.47. The molecule has 3 aromatic heterocycles. The molecule has 226 valence electrons. The van der Waals surface area contributed by atoms with Gasteiger partial charge in [0.25, 0.3) is 17.6 Å². The van der Waals surface area contributed by atoms with Crippen LogP contribution in [0.2, 0.25) is 0 Å². The van der Waals surface area contributed by atoms with Crippen molar-refractivity contribution in [2.45, 2.75) is 33.1 Å². The summed E-state index contributed by atoms with van der Waals surface area (Å²) in [6.45, 7) is 4.63. The zero-order chi connectivity index (χ0) is 30.9. The van der Waals surface area contributed by atoms with Crippen molar-refractivity contribution in [2.24, 2.45) is 0 Å². The molecule has 0 bridgehead atoms. The number of fused-ring (bicyclic) bond motifs is 1. The Morgan fingerprint density at radius 3 is 2.37 bits per heavy atom. The molecule has 0 radical (unpaired) electrons. The number of pyridine rings is 1. The number of carbonyl (C=O) groups is 3. The second-order valence-electron chi connectivity index (χ2n) is 10.7. The molecule has 4 aromatic rings. The monoisotopic (exact) mass is 613 g/mol. The predicted octanol–water partition coefficient (Wildman–Crippen LogP) is 2.81. The molecule has 1 aliphatic heterocycles. The van der Waals surface area contributed by atoms with Gasteiger partial charge in [-0.25, -0.2) is 18.6 Å². The zero-order valence-corrected chi connectivity index (χ0v) is 24.5. The molecule has 1 saturated heterocycles. The van der Waals surface area contributed by atoms with E-state index in [9.17, 15) is 23.8 Å². The number of carbonyl (C=O) groups excluding carboxylic acids is 3. The molecule has 5 rings (SSSR count). The molecular weight excluding hydrogens is 584 g/mol. The van der Waals surface area contributed by atoms with Gasteiger partial charge in [-0.1, -0.05) is 23.4 Å². The minimum absolute atomic E-state index is 0.0292. The number of benzene rings is 1. The van der Waals surface area contributed by atoms with E-state index in [0.29, 0.717) is 5.56 Å². The van der Waals surface area contributed by atoms with Crippen LogP contribution in [-0.2, 0) is 25.1 Å². The first kappa shape index (κ1) is 30.2. The molecule has 1 N–H and O–H groups in total. The van der Waals surface area contributed by atoms with Crippen LogP contribution >= 0.6 is 7.82 Å². The van der Waals surface area contributed by atoms with Gasteiger partial charge in [0.2, 0.25) is 0 Å². The Kier molecular flexibility index (Phi) is 8.25. The summed E-state index contributed by atoms with van der Waals surface area (Å²) in [4.78, 5) is 56.9. The molecule has 1 aliphatic rings. The molecule has 43 heavy (non-hydrogen) atoms. The van der Waals surface area contributed by atoms with Crippen molar-refractivity contribution >= 4 is 36.3 Å². The van der Waals surface area contributed by atoms with Gasteiger partial charge in [-0.2, -0.15) is 0 Å². The second-order valence-corrected chi connectivity index (χ2v) is 12.1. The van der Waals surface area contributed by atoms with E-state index in [-0.39, 0.29) is 54.4 Å². The normalized spacial score (nSPS) is 15.5. The number of hydrogen-bond donors (Lipinski definition) is 1. The van der Waals surface area contributed by atoms with Gasteiger partial charge in [0.05, 0.1) is 40.7 Å². The minimum atomic E-state index is -4.60. The van der Waals surface area contributed by atoms with Crippen molar-refractivity contribution in [1.82, 2.24) is 34.3 Å². The highest BCUT2D eigenvalue weighted by atomic mass is 31.2. The van der Waals surface area contributed by atoms with Crippen molar-refractivity contribution in [1.29, 1.82) is 0 Å². The Balaban J connectivity index is 1.43. The zero-order valence-electron chi connectivity index (χ0n) is 23.6. The van der Waals surface area contributed by atoms with E-state index < -0.39 is 37.7 Å². The lowest BCUT2D eigenvalue weighted by molar-refractivity contribution is -0.127. The Labute approximate surface area is 245 Å². The lowest BCUT2D eigenvalue weighted by Gasteiger charge is -2.34. The van der Waals surface area contributed by atoms with Gasteiger partial charge < -0.3 is 19.3 Å². The van der Waals surface area contributed by atoms with Gasteiger partial charge >= 0.3 is 7.82 Å². The van der Waals surface area contributed by atoms with E-state index in [1.54, 1.807) is 56.0 Å². The van der Waals surface area contributed by atoms with Crippen LogP contribution in [0.5, 0.6) is 0 Å². The molecular formula is C27H29FN7O7P. The first-order valence-corrected chi connectivity index (χ1v) is 14.7. The molecule has 1 unspecified atom stereocenters. The molecule has 1 fully saturated rings. The van der Waals surface area contributed by atoms with Gasteiger partial charge in [-0.15, -0.1) is 5.10 Å². The Bertz CT molecular complexity index is 1710. The summed E-state index contributed by atoms with van der Waals surface area (Å²) in [6, 6.07) is 8.72. The number of rotatable bonds is 8. The van der Waals surface area contributed by atoms with Crippen LogP contribution in [0, 0.1) is 5.82 Å². The molecule has 0 spiro atoms. The van der Waals surface area contributed by atoms with Crippen molar-refractivity contribution in [3.05, 3.63) is 72.1 Å². The van der Waals surface area contributed by atoms with E-state index in [1.807, 2.05) is 0 Å². The third kappa shape index (κ3) is 6.54. The van der Waals surface area contributed by atoms with Gasteiger partial charge in [0.15, 0.2) is 11.6 Å². The number of hydrogen-bond acceptors (Lipinski definition) is 9. The van der Waals surface area contributed by atoms with E-state index in [0.717, 1.165) is 12.4 Å². The average molecular weight is 614 g/mol. The number of halogens is 1. The Hall–Kier alpha value is -4.30. The van der Waals surface area contributed by atoms with E-state index in [1.165, 1.54) is 26.5 Å². The number of Topliss-reactive ketones (excluding diaryl/α,β-unsaturated/α-hetero) is 1. The largest absolute Gasteiger partial charge is 0.474 e. The van der Waals surface area contributed by atoms with Gasteiger partial charge in [0, 0.05) is 37.9 Å². The number of nitrogens with zero attached hydrogens (tertiary/aromatic N) is 7. The van der Waals surface area contributed by atoms with Crippen LogP contribution in [0.1, 0.15) is 41.5 Å². The second kappa shape index (κ2) is 11.8. The topological polar surface area (TPSA) is 162 Å². The summed E-state index contributed by atoms with van der Waals surface area (Å²) in [5.74, 6) is -2.98. The van der Waals surface area contributed by atoms with Crippen LogP contribution in [0.25, 0.3) is 16.7 Å². The standard InChI is InChI=1S/C27H29FN7O7P/c1-27(2,3)42-43(39,40)41-17-34-16-19(21-20(28)15-29-24(22(21)34)35-10-9-30-31-35)23(36)26(38)33-13-11-32(12-14-33)25(37)18-7-5-4-6-8-18/h4-10,15-16H,11-14,17H2,1-3H3,(H,39,40). The Morgan fingerprint density at radius 1 is 1.07 bits per heavy atom. The molecule has 2 amide bonds. The summed E-state index contributed by atoms with van der Waals surface area (Å²) < 4.78 is 40.6. The van der Waals surface area contributed by atoms with E-state index >= 15 is 4.39 Å². The van der Waals surface area contributed by atoms with Crippen molar-refractivity contribution < 1.29 is 37.3 Å². The van der Waals surface area contributed by atoms with Crippen LogP contribution in [0.4, 0.5) is 4.39 Å². The number of amides is 2. The maximum absolute atomic E-state index is 15.3. The third-order valence-electron chi connectivity index (χ3n) is 6.53. The summed E-state index contributed by atoms with van der Waals surface area (Å²) in [5.41, 5.74) is -0.847. The van der Waals surface area contributed by atoms with E-state index in [2.05, 4.69) is 15.3 Å². The number of phosphoric ester groups is 1. The van der Waals surface area contributed by atoms with Gasteiger partial charge in [-0.05, 0) is 32.9 Å². The van der Waals surface area contributed by atoms with Crippen molar-refractivity contribution in [3.63, 3.8) is 0 Å². The van der Waals surface area contributed by atoms with Crippen molar-refractivity contribution in [3.8, 4) is 5.82 Å². The number of ketones is 1. The molecule has 4 heterocycles. The number of phosphoric acid groups is 1. The predicted molar refractivity (Wildman–Crippen MR) is 150 cm³/mol. The lowest BCUT2D eigenvalue weighted by Crippen LogP contribution is -2.52. The first-order chi connectivity index (χ1) is 20.3. The maximum Gasteiger partial charge on any atom is 0.474 e. The average Bonchev–Trinajstić information content (AvgIpc) is 3.64. The van der Waals surface area contributed by atoms with Gasteiger partial charge in [0.1, 0.15) is 6.73 Å².